The molecule has 0 aromatic heterocycles. The fourth-order valence-corrected chi connectivity index (χ4v) is 5.72. The summed E-state index contributed by atoms with van der Waals surface area (Å²) in [5.74, 6) is -0.870. The van der Waals surface area contributed by atoms with Gasteiger partial charge in [0, 0.05) is 22.4 Å². The number of anilines is 1. The van der Waals surface area contributed by atoms with Crippen LogP contribution in [-0.4, -0.2) is 22.5 Å². The molecule has 2 bridgehead atoms. The third-order valence-electron chi connectivity index (χ3n) is 7.85. The van der Waals surface area contributed by atoms with Crippen LogP contribution in [0.5, 0.6) is 0 Å². The van der Waals surface area contributed by atoms with Crippen molar-refractivity contribution in [3.8, 4) is 0 Å². The van der Waals surface area contributed by atoms with E-state index in [1.54, 1.807) is 36.4 Å². The van der Waals surface area contributed by atoms with Crippen molar-refractivity contribution in [3.05, 3.63) is 68.7 Å². The first-order valence-electron chi connectivity index (χ1n) is 10.6. The zero-order chi connectivity index (χ0) is 24.0. The number of rotatable bonds is 5. The van der Waals surface area contributed by atoms with Gasteiger partial charge < -0.3 is 10.2 Å². The maximum absolute atomic E-state index is 13.6. The lowest BCUT2D eigenvalue weighted by molar-refractivity contribution is -0.383. The first kappa shape index (κ1) is 23.1. The van der Waals surface area contributed by atoms with Crippen molar-refractivity contribution in [1.29, 1.82) is 0 Å². The van der Waals surface area contributed by atoms with Crippen molar-refractivity contribution in [2.75, 3.05) is 5.32 Å². The van der Waals surface area contributed by atoms with E-state index in [2.05, 4.69) is 26.4 Å². The second-order valence-corrected chi connectivity index (χ2v) is 10.2. The lowest BCUT2D eigenvalue weighted by atomic mass is 9.64. The van der Waals surface area contributed by atoms with Gasteiger partial charge in [-0.25, -0.2) is 4.79 Å². The minimum absolute atomic E-state index is 0.157. The van der Waals surface area contributed by atoms with Gasteiger partial charge in [0.1, 0.15) is 5.69 Å². The zero-order valence-electron chi connectivity index (χ0n) is 18.6. The van der Waals surface area contributed by atoms with Crippen molar-refractivity contribution in [2.24, 2.45) is 21.4 Å². The van der Waals surface area contributed by atoms with Crippen LogP contribution in [0.4, 0.5) is 11.4 Å². The van der Waals surface area contributed by atoms with Crippen LogP contribution in [0.25, 0.3) is 0 Å². The van der Waals surface area contributed by atoms with Gasteiger partial charge in [-0.05, 0) is 52.4 Å². The number of halogens is 1. The molecule has 4 rings (SSSR count). The molecular weight excluding hydrogens is 490 g/mol. The number of nitro groups is 1. The average Bonchev–Trinajstić information content (AvgIpc) is 3.08. The summed E-state index contributed by atoms with van der Waals surface area (Å²) in [5, 5.41) is 18.4. The Hall–Kier alpha value is -3.07. The second-order valence-electron chi connectivity index (χ2n) is 9.34. The molecule has 2 aromatic rings. The molecule has 2 atom stereocenters. The molecule has 2 aliphatic rings. The van der Waals surface area contributed by atoms with E-state index in [1.807, 2.05) is 20.8 Å². The highest BCUT2D eigenvalue weighted by Crippen LogP contribution is 2.71. The Balaban J connectivity index is 1.62. The number of carbonyl (C=O) groups excluding carboxylic acids is 2. The fraction of sp³-hybridized carbons (Fsp3) is 0.375. The Labute approximate surface area is 199 Å². The Morgan fingerprint density at radius 1 is 1.09 bits per heavy atom. The molecule has 0 aliphatic heterocycles. The van der Waals surface area contributed by atoms with Gasteiger partial charge in [-0.15, -0.1) is 0 Å². The van der Waals surface area contributed by atoms with Crippen LogP contribution < -0.4 is 5.32 Å². The molecule has 0 radical (unpaired) electrons. The lowest BCUT2D eigenvalue weighted by Crippen LogP contribution is -2.43. The Kier molecular flexibility index (Phi) is 5.64. The zero-order valence-corrected chi connectivity index (χ0v) is 20.1. The molecule has 33 heavy (non-hydrogen) atoms. The maximum Gasteiger partial charge on any atom is 0.366 e. The summed E-state index contributed by atoms with van der Waals surface area (Å²) in [6.07, 6.45) is 1.61. The summed E-state index contributed by atoms with van der Waals surface area (Å²) in [6, 6.07) is 13.0. The van der Waals surface area contributed by atoms with Crippen LogP contribution in [0, 0.1) is 26.4 Å². The molecule has 1 N–H and O–H groups in total. The molecule has 2 unspecified atom stereocenters. The number of carbonyl (C=O) groups is 2. The van der Waals surface area contributed by atoms with E-state index in [4.69, 9.17) is 4.84 Å². The smallest absolute Gasteiger partial charge is 0.320 e. The number of nitrogens with one attached hydrogen (secondary N) is 1. The quantitative estimate of drug-likeness (QED) is 0.312. The van der Waals surface area contributed by atoms with E-state index in [0.29, 0.717) is 35.0 Å². The standard InChI is InChI=1S/C24H24BrN3O5/c1-22(2)23(3)12-13-24(22,21(30)26-17-10-6-7-11-18(17)28(31)32)14-19(23)27-33-20(29)15-8-4-5-9-16(15)25/h4-11H,12-14H2,1-3H3,(H,26,30). The molecule has 2 saturated carbocycles. The first-order valence-corrected chi connectivity index (χ1v) is 11.4. The highest BCUT2D eigenvalue weighted by molar-refractivity contribution is 9.10. The monoisotopic (exact) mass is 513 g/mol. The van der Waals surface area contributed by atoms with Crippen LogP contribution >= 0.6 is 15.9 Å². The highest BCUT2D eigenvalue weighted by Gasteiger charge is 2.71. The summed E-state index contributed by atoms with van der Waals surface area (Å²) in [4.78, 5) is 42.3. The van der Waals surface area contributed by atoms with Gasteiger partial charge in [0.15, 0.2) is 0 Å². The number of nitro benzene ring substituents is 1. The number of amides is 1. The van der Waals surface area contributed by atoms with Gasteiger partial charge >= 0.3 is 5.97 Å². The number of para-hydroxylation sites is 2. The number of hydrogen-bond donors (Lipinski definition) is 1. The topological polar surface area (TPSA) is 111 Å². The third kappa shape index (κ3) is 3.45. The van der Waals surface area contributed by atoms with Gasteiger partial charge in [-0.1, -0.05) is 50.2 Å². The molecular formula is C24H24BrN3O5. The number of fused-ring (bicyclic) bond motifs is 2. The second kappa shape index (κ2) is 8.06. The minimum atomic E-state index is -0.829. The summed E-state index contributed by atoms with van der Waals surface area (Å²) in [5.41, 5.74) is -0.778. The van der Waals surface area contributed by atoms with Crippen molar-refractivity contribution in [1.82, 2.24) is 0 Å². The molecule has 2 aliphatic carbocycles. The Bertz CT molecular complexity index is 1190. The van der Waals surface area contributed by atoms with Crippen LogP contribution in [0.3, 0.4) is 0 Å². The third-order valence-corrected chi connectivity index (χ3v) is 8.54. The molecule has 0 heterocycles. The highest BCUT2D eigenvalue weighted by atomic mass is 79.9. The van der Waals surface area contributed by atoms with Gasteiger partial charge in [0.25, 0.3) is 5.69 Å². The molecule has 2 fully saturated rings. The molecule has 9 heteroatoms. The maximum atomic E-state index is 13.6. The van der Waals surface area contributed by atoms with Crippen molar-refractivity contribution in [2.45, 2.75) is 40.0 Å². The van der Waals surface area contributed by atoms with E-state index in [9.17, 15) is 19.7 Å². The van der Waals surface area contributed by atoms with E-state index in [1.165, 1.54) is 12.1 Å². The predicted octanol–water partition coefficient (Wildman–Crippen LogP) is 5.73. The van der Waals surface area contributed by atoms with Crippen molar-refractivity contribution < 1.29 is 19.3 Å². The van der Waals surface area contributed by atoms with Gasteiger partial charge in [0.05, 0.1) is 21.6 Å². The molecule has 2 aromatic carbocycles. The lowest BCUT2D eigenvalue weighted by Gasteiger charge is -2.39. The van der Waals surface area contributed by atoms with E-state index < -0.39 is 27.1 Å². The van der Waals surface area contributed by atoms with Gasteiger partial charge in [-0.2, -0.15) is 0 Å². The van der Waals surface area contributed by atoms with Gasteiger partial charge in [0.2, 0.25) is 5.91 Å². The van der Waals surface area contributed by atoms with Crippen LogP contribution in [-0.2, 0) is 9.63 Å². The number of hydrogen-bond acceptors (Lipinski definition) is 6. The van der Waals surface area contributed by atoms with Crippen LogP contribution in [0.2, 0.25) is 0 Å². The van der Waals surface area contributed by atoms with Crippen molar-refractivity contribution >= 4 is 44.9 Å². The van der Waals surface area contributed by atoms with Crippen LogP contribution in [0.15, 0.2) is 58.2 Å². The van der Waals surface area contributed by atoms with E-state index >= 15 is 0 Å². The SMILES string of the molecule is CC12CCC(C(=O)Nc3ccccc3[N+](=O)[O-])(CC1=NOC(=O)c1ccccc1Br)C2(C)C. The number of nitrogens with zero attached hydrogens (tertiary/aromatic N) is 2. The summed E-state index contributed by atoms with van der Waals surface area (Å²) in [6.45, 7) is 6.05. The molecule has 8 nitrogen and oxygen atoms in total. The summed E-state index contributed by atoms with van der Waals surface area (Å²) >= 11 is 3.34. The first-order chi connectivity index (χ1) is 15.5. The molecule has 172 valence electrons. The number of oxime groups is 1. The minimum Gasteiger partial charge on any atom is -0.320 e. The Morgan fingerprint density at radius 2 is 1.76 bits per heavy atom. The molecule has 1 amide bonds. The van der Waals surface area contributed by atoms with Crippen LogP contribution in [0.1, 0.15) is 50.4 Å². The molecule has 0 saturated heterocycles. The fourth-order valence-electron chi connectivity index (χ4n) is 5.28. The summed E-state index contributed by atoms with van der Waals surface area (Å²) in [7, 11) is 0. The molecule has 0 spiro atoms. The summed E-state index contributed by atoms with van der Waals surface area (Å²) < 4.78 is 0.606. The van der Waals surface area contributed by atoms with E-state index in [0.717, 1.165) is 0 Å². The predicted molar refractivity (Wildman–Crippen MR) is 127 cm³/mol. The van der Waals surface area contributed by atoms with Crippen molar-refractivity contribution in [3.63, 3.8) is 0 Å². The number of benzene rings is 2. The average molecular weight is 514 g/mol. The largest absolute Gasteiger partial charge is 0.366 e. The van der Waals surface area contributed by atoms with E-state index in [-0.39, 0.29) is 17.3 Å². The van der Waals surface area contributed by atoms with Gasteiger partial charge in [-0.3, -0.25) is 14.9 Å². The normalized spacial score (nSPS) is 26.2. The Morgan fingerprint density at radius 3 is 2.45 bits per heavy atom.